The highest BCUT2D eigenvalue weighted by atomic mass is 35.5. The van der Waals surface area contributed by atoms with Gasteiger partial charge in [-0.25, -0.2) is 4.79 Å². The topological polar surface area (TPSA) is 49.3 Å². The van der Waals surface area contributed by atoms with Crippen LogP contribution in [0.1, 0.15) is 6.42 Å². The first-order chi connectivity index (χ1) is 7.65. The van der Waals surface area contributed by atoms with E-state index in [9.17, 15) is 4.79 Å². The molecule has 1 atom stereocenters. The van der Waals surface area contributed by atoms with Crippen LogP contribution in [0.25, 0.3) is 0 Å². The molecule has 0 amide bonds. The van der Waals surface area contributed by atoms with Gasteiger partial charge in [0.2, 0.25) is 0 Å². The Hall–Kier alpha value is -0.870. The Morgan fingerprint density at radius 2 is 2.25 bits per heavy atom. The van der Waals surface area contributed by atoms with Gasteiger partial charge in [-0.2, -0.15) is 11.8 Å². The number of carboxylic acid groups (broad SMARTS) is 1. The fourth-order valence-corrected chi connectivity index (χ4v) is 1.92. The molecule has 3 nitrogen and oxygen atoms in total. The average molecular weight is 260 g/mol. The molecule has 5 heteroatoms. The van der Waals surface area contributed by atoms with Gasteiger partial charge in [0.15, 0.2) is 0 Å². The smallest absolute Gasteiger partial charge is 0.326 e. The fourth-order valence-electron chi connectivity index (χ4n) is 1.26. The first-order valence-corrected chi connectivity index (χ1v) is 6.65. The van der Waals surface area contributed by atoms with Crippen molar-refractivity contribution in [3.63, 3.8) is 0 Å². The lowest BCUT2D eigenvalue weighted by Gasteiger charge is -2.16. The van der Waals surface area contributed by atoms with Crippen molar-refractivity contribution in [2.24, 2.45) is 0 Å². The number of nitrogens with one attached hydrogen (secondary N) is 1. The maximum atomic E-state index is 11.0. The second-order valence-electron chi connectivity index (χ2n) is 3.30. The van der Waals surface area contributed by atoms with Crippen molar-refractivity contribution in [3.05, 3.63) is 29.3 Å². The number of hydrogen-bond acceptors (Lipinski definition) is 3. The molecule has 0 fully saturated rings. The van der Waals surface area contributed by atoms with E-state index in [0.29, 0.717) is 17.1 Å². The van der Waals surface area contributed by atoms with E-state index in [0.717, 1.165) is 5.75 Å². The second kappa shape index (κ2) is 6.66. The van der Waals surface area contributed by atoms with E-state index in [1.807, 2.05) is 18.4 Å². The Labute approximate surface area is 104 Å². The third kappa shape index (κ3) is 3.94. The van der Waals surface area contributed by atoms with Gasteiger partial charge in [-0.1, -0.05) is 23.7 Å². The lowest BCUT2D eigenvalue weighted by Crippen LogP contribution is -2.29. The number of thioether (sulfide) groups is 1. The number of hydrogen-bond donors (Lipinski definition) is 2. The van der Waals surface area contributed by atoms with Crippen LogP contribution < -0.4 is 5.32 Å². The molecule has 16 heavy (non-hydrogen) atoms. The van der Waals surface area contributed by atoms with Crippen LogP contribution in [-0.4, -0.2) is 29.1 Å². The van der Waals surface area contributed by atoms with Crippen molar-refractivity contribution in [1.29, 1.82) is 0 Å². The summed E-state index contributed by atoms with van der Waals surface area (Å²) in [5.41, 5.74) is 0.665. The van der Waals surface area contributed by atoms with Gasteiger partial charge in [-0.05, 0) is 30.6 Å². The summed E-state index contributed by atoms with van der Waals surface area (Å²) in [6, 6.07) is 6.55. The molecule has 0 aliphatic rings. The summed E-state index contributed by atoms with van der Waals surface area (Å²) < 4.78 is 0. The molecule has 0 aliphatic heterocycles. The standard InChI is InChI=1S/C11H14ClNO2S/c1-16-7-6-10(11(14)15)13-9-5-3-2-4-8(9)12/h2-5,10,13H,6-7H2,1H3,(H,14,15)/t10-/m0/s1. The Kier molecular flexibility index (Phi) is 5.49. The highest BCUT2D eigenvalue weighted by molar-refractivity contribution is 7.98. The number of para-hydroxylation sites is 1. The van der Waals surface area contributed by atoms with E-state index >= 15 is 0 Å². The minimum absolute atomic E-state index is 0.540. The first-order valence-electron chi connectivity index (χ1n) is 4.88. The zero-order valence-electron chi connectivity index (χ0n) is 8.94. The summed E-state index contributed by atoms with van der Waals surface area (Å²) in [6.07, 6.45) is 2.52. The predicted molar refractivity (Wildman–Crippen MR) is 69.5 cm³/mol. The minimum atomic E-state index is -0.853. The number of anilines is 1. The van der Waals surface area contributed by atoms with Crippen LogP contribution >= 0.6 is 23.4 Å². The molecule has 1 aromatic rings. The molecule has 0 spiro atoms. The number of aliphatic carboxylic acids is 1. The lowest BCUT2D eigenvalue weighted by molar-refractivity contribution is -0.137. The van der Waals surface area contributed by atoms with Gasteiger partial charge < -0.3 is 10.4 Å². The molecule has 1 aromatic carbocycles. The van der Waals surface area contributed by atoms with Crippen LogP contribution in [0, 0.1) is 0 Å². The van der Waals surface area contributed by atoms with Crippen molar-refractivity contribution in [1.82, 2.24) is 0 Å². The zero-order valence-corrected chi connectivity index (χ0v) is 10.5. The molecule has 0 saturated carbocycles. The third-order valence-corrected chi connectivity index (χ3v) is 3.09. The highest BCUT2D eigenvalue weighted by Gasteiger charge is 2.17. The average Bonchev–Trinajstić information content (AvgIpc) is 2.26. The van der Waals surface area contributed by atoms with Crippen LogP contribution in [0.15, 0.2) is 24.3 Å². The number of rotatable bonds is 6. The van der Waals surface area contributed by atoms with Gasteiger partial charge in [-0.3, -0.25) is 0 Å². The molecule has 2 N–H and O–H groups in total. The van der Waals surface area contributed by atoms with E-state index in [4.69, 9.17) is 16.7 Å². The van der Waals surface area contributed by atoms with Crippen LogP contribution in [0.3, 0.4) is 0 Å². The third-order valence-electron chi connectivity index (χ3n) is 2.11. The summed E-state index contributed by atoms with van der Waals surface area (Å²) in [5.74, 6) is -0.0528. The van der Waals surface area contributed by atoms with Crippen molar-refractivity contribution >= 4 is 35.0 Å². The Balaban J connectivity index is 2.68. The lowest BCUT2D eigenvalue weighted by atomic mass is 10.2. The van der Waals surface area contributed by atoms with Crippen molar-refractivity contribution < 1.29 is 9.90 Å². The Morgan fingerprint density at radius 1 is 1.56 bits per heavy atom. The van der Waals surface area contributed by atoms with Gasteiger partial charge in [0, 0.05) is 0 Å². The largest absolute Gasteiger partial charge is 0.480 e. The van der Waals surface area contributed by atoms with Crippen molar-refractivity contribution in [3.8, 4) is 0 Å². The molecular formula is C11H14ClNO2S. The number of carboxylic acids is 1. The normalized spacial score (nSPS) is 12.1. The minimum Gasteiger partial charge on any atom is -0.480 e. The van der Waals surface area contributed by atoms with Gasteiger partial charge in [0.05, 0.1) is 10.7 Å². The molecule has 0 radical (unpaired) electrons. The van der Waals surface area contributed by atoms with Gasteiger partial charge in [-0.15, -0.1) is 0 Å². The maximum Gasteiger partial charge on any atom is 0.326 e. The zero-order chi connectivity index (χ0) is 12.0. The Morgan fingerprint density at radius 3 is 2.81 bits per heavy atom. The maximum absolute atomic E-state index is 11.0. The summed E-state index contributed by atoms with van der Waals surface area (Å²) in [7, 11) is 0. The molecule has 1 rings (SSSR count). The first kappa shape index (κ1) is 13.2. The molecule has 0 heterocycles. The van der Waals surface area contributed by atoms with Gasteiger partial charge in [0.25, 0.3) is 0 Å². The molecule has 88 valence electrons. The van der Waals surface area contributed by atoms with Crippen molar-refractivity contribution in [2.75, 3.05) is 17.3 Å². The molecular weight excluding hydrogens is 246 g/mol. The van der Waals surface area contributed by atoms with E-state index in [1.54, 1.807) is 23.9 Å². The SMILES string of the molecule is CSCC[C@H](Nc1ccccc1Cl)C(=O)O. The van der Waals surface area contributed by atoms with Gasteiger partial charge in [0.1, 0.15) is 6.04 Å². The van der Waals surface area contributed by atoms with Crippen LogP contribution in [0.5, 0.6) is 0 Å². The second-order valence-corrected chi connectivity index (χ2v) is 4.69. The molecule has 0 saturated heterocycles. The van der Waals surface area contributed by atoms with E-state index in [-0.39, 0.29) is 0 Å². The number of carbonyl (C=O) groups is 1. The number of benzene rings is 1. The van der Waals surface area contributed by atoms with E-state index < -0.39 is 12.0 Å². The van der Waals surface area contributed by atoms with Crippen LogP contribution in [0.4, 0.5) is 5.69 Å². The monoisotopic (exact) mass is 259 g/mol. The Bertz CT molecular complexity index is 360. The molecule has 0 bridgehead atoms. The highest BCUT2D eigenvalue weighted by Crippen LogP contribution is 2.22. The molecule has 0 aliphatic carbocycles. The predicted octanol–water partition coefficient (Wildman–Crippen LogP) is 2.96. The molecule has 0 unspecified atom stereocenters. The van der Waals surface area contributed by atoms with Crippen molar-refractivity contribution in [2.45, 2.75) is 12.5 Å². The van der Waals surface area contributed by atoms with E-state index in [1.165, 1.54) is 0 Å². The summed E-state index contributed by atoms with van der Waals surface area (Å²) in [6.45, 7) is 0. The quantitative estimate of drug-likeness (QED) is 0.825. The summed E-state index contributed by atoms with van der Waals surface area (Å²) in [5, 5.41) is 12.5. The fraction of sp³-hybridized carbons (Fsp3) is 0.364. The van der Waals surface area contributed by atoms with E-state index in [2.05, 4.69) is 5.32 Å². The van der Waals surface area contributed by atoms with Crippen LogP contribution in [0.2, 0.25) is 5.02 Å². The van der Waals surface area contributed by atoms with Gasteiger partial charge >= 0.3 is 5.97 Å². The van der Waals surface area contributed by atoms with Crippen LogP contribution in [-0.2, 0) is 4.79 Å². The molecule has 0 aromatic heterocycles. The number of halogens is 1. The summed E-state index contributed by atoms with van der Waals surface area (Å²) >= 11 is 7.57. The summed E-state index contributed by atoms with van der Waals surface area (Å²) in [4.78, 5) is 11.0.